The first-order valence-corrected chi connectivity index (χ1v) is 10.0. The highest BCUT2D eigenvalue weighted by molar-refractivity contribution is 7.16. The normalized spacial score (nSPS) is 13.3. The van der Waals surface area contributed by atoms with Crippen LogP contribution < -0.4 is 10.6 Å². The molecule has 2 aromatic rings. The van der Waals surface area contributed by atoms with Gasteiger partial charge in [0.1, 0.15) is 5.00 Å². The van der Waals surface area contributed by atoms with Gasteiger partial charge in [0.25, 0.3) is 5.91 Å². The van der Waals surface area contributed by atoms with Crippen molar-refractivity contribution in [2.24, 2.45) is 5.92 Å². The van der Waals surface area contributed by atoms with Gasteiger partial charge in [-0.05, 0) is 43.7 Å². The molecule has 3 rings (SSSR count). The standard InChI is InChI=1S/C18H20N2O4S2/c1-10-11(2)26-17(20-16(22)12-5-6-12)15(10)18(23)24-9-14(21)19-8-13-4-3-7-25-13/h3-4,7,12H,5-6,8-9H2,1-2H3,(H,19,21)(H,20,22). The van der Waals surface area contributed by atoms with E-state index in [1.54, 1.807) is 11.3 Å². The van der Waals surface area contributed by atoms with E-state index in [9.17, 15) is 14.4 Å². The van der Waals surface area contributed by atoms with Crippen LogP contribution in [0, 0.1) is 19.8 Å². The van der Waals surface area contributed by atoms with Crippen LogP contribution in [0.4, 0.5) is 5.00 Å². The Hall–Kier alpha value is -2.19. The molecule has 1 aliphatic carbocycles. The Labute approximate surface area is 159 Å². The van der Waals surface area contributed by atoms with E-state index in [0.717, 1.165) is 28.2 Å². The van der Waals surface area contributed by atoms with Crippen molar-refractivity contribution in [3.05, 3.63) is 38.4 Å². The second-order valence-electron chi connectivity index (χ2n) is 6.18. The number of anilines is 1. The van der Waals surface area contributed by atoms with Crippen molar-refractivity contribution >= 4 is 45.5 Å². The molecular formula is C18H20N2O4S2. The molecule has 1 saturated carbocycles. The highest BCUT2D eigenvalue weighted by Gasteiger charge is 2.31. The number of rotatable bonds is 7. The van der Waals surface area contributed by atoms with Crippen LogP contribution in [0.2, 0.25) is 0 Å². The third kappa shape index (κ3) is 4.50. The molecule has 0 aliphatic heterocycles. The number of aryl methyl sites for hydroxylation is 1. The first kappa shape index (κ1) is 18.6. The number of ether oxygens (including phenoxy) is 1. The summed E-state index contributed by atoms with van der Waals surface area (Å²) >= 11 is 2.90. The fourth-order valence-electron chi connectivity index (χ4n) is 2.37. The summed E-state index contributed by atoms with van der Waals surface area (Å²) in [5.74, 6) is -0.970. The average molecular weight is 393 g/mol. The molecule has 138 valence electrons. The zero-order valence-corrected chi connectivity index (χ0v) is 16.2. The maximum absolute atomic E-state index is 12.5. The summed E-state index contributed by atoms with van der Waals surface area (Å²) in [6, 6.07) is 3.83. The van der Waals surface area contributed by atoms with Crippen LogP contribution in [0.5, 0.6) is 0 Å². The lowest BCUT2D eigenvalue weighted by atomic mass is 10.1. The second kappa shape index (κ2) is 8.01. The van der Waals surface area contributed by atoms with Gasteiger partial charge in [0.15, 0.2) is 6.61 Å². The Balaban J connectivity index is 1.58. The summed E-state index contributed by atoms with van der Waals surface area (Å²) in [5.41, 5.74) is 1.11. The van der Waals surface area contributed by atoms with Crippen molar-refractivity contribution in [1.82, 2.24) is 5.32 Å². The third-order valence-electron chi connectivity index (χ3n) is 4.15. The highest BCUT2D eigenvalue weighted by Crippen LogP contribution is 2.36. The predicted molar refractivity (Wildman–Crippen MR) is 102 cm³/mol. The minimum atomic E-state index is -0.593. The van der Waals surface area contributed by atoms with Crippen molar-refractivity contribution in [2.45, 2.75) is 33.2 Å². The number of hydrogen-bond acceptors (Lipinski definition) is 6. The number of hydrogen-bond donors (Lipinski definition) is 2. The summed E-state index contributed by atoms with van der Waals surface area (Å²) in [6.45, 7) is 3.76. The van der Waals surface area contributed by atoms with Crippen molar-refractivity contribution in [3.63, 3.8) is 0 Å². The minimum absolute atomic E-state index is 0.0459. The first-order valence-electron chi connectivity index (χ1n) is 8.32. The van der Waals surface area contributed by atoms with Gasteiger partial charge in [-0.3, -0.25) is 9.59 Å². The number of esters is 1. The van der Waals surface area contributed by atoms with E-state index in [-0.39, 0.29) is 24.3 Å². The van der Waals surface area contributed by atoms with Crippen LogP contribution in [0.25, 0.3) is 0 Å². The number of carbonyl (C=O) groups excluding carboxylic acids is 3. The topological polar surface area (TPSA) is 84.5 Å². The van der Waals surface area contributed by atoms with Gasteiger partial charge < -0.3 is 15.4 Å². The van der Waals surface area contributed by atoms with Crippen molar-refractivity contribution < 1.29 is 19.1 Å². The van der Waals surface area contributed by atoms with Crippen LogP contribution in [0.15, 0.2) is 17.5 Å². The number of amides is 2. The molecule has 8 heteroatoms. The van der Waals surface area contributed by atoms with E-state index in [4.69, 9.17) is 4.74 Å². The Morgan fingerprint density at radius 2 is 2.04 bits per heavy atom. The van der Waals surface area contributed by atoms with Crippen LogP contribution >= 0.6 is 22.7 Å². The molecular weight excluding hydrogens is 372 g/mol. The zero-order valence-electron chi connectivity index (χ0n) is 14.6. The molecule has 1 fully saturated rings. The van der Waals surface area contributed by atoms with Gasteiger partial charge in [-0.1, -0.05) is 6.07 Å². The summed E-state index contributed by atoms with van der Waals surface area (Å²) in [5, 5.41) is 7.97. The number of nitrogens with one attached hydrogen (secondary N) is 2. The Bertz CT molecular complexity index is 823. The third-order valence-corrected chi connectivity index (χ3v) is 6.15. The molecule has 0 atom stereocenters. The van der Waals surface area contributed by atoms with Crippen LogP contribution in [0.3, 0.4) is 0 Å². The van der Waals surface area contributed by atoms with Gasteiger partial charge in [0.05, 0.1) is 12.1 Å². The largest absolute Gasteiger partial charge is 0.452 e. The summed E-state index contributed by atoms with van der Waals surface area (Å²) in [6.07, 6.45) is 1.78. The lowest BCUT2D eigenvalue weighted by Gasteiger charge is -2.08. The zero-order chi connectivity index (χ0) is 18.7. The molecule has 0 radical (unpaired) electrons. The lowest BCUT2D eigenvalue weighted by molar-refractivity contribution is -0.124. The van der Waals surface area contributed by atoms with Gasteiger partial charge in [-0.25, -0.2) is 4.79 Å². The molecule has 2 heterocycles. The van der Waals surface area contributed by atoms with E-state index in [2.05, 4.69) is 10.6 Å². The van der Waals surface area contributed by atoms with Crippen molar-refractivity contribution in [3.8, 4) is 0 Å². The lowest BCUT2D eigenvalue weighted by Crippen LogP contribution is -2.28. The van der Waals surface area contributed by atoms with E-state index in [1.807, 2.05) is 31.4 Å². The quantitative estimate of drug-likeness (QED) is 0.709. The SMILES string of the molecule is Cc1sc(NC(=O)C2CC2)c(C(=O)OCC(=O)NCc2cccs2)c1C. The number of thiophene rings is 2. The Morgan fingerprint density at radius 1 is 1.27 bits per heavy atom. The molecule has 2 N–H and O–H groups in total. The van der Waals surface area contributed by atoms with Crippen molar-refractivity contribution in [2.75, 3.05) is 11.9 Å². The fourth-order valence-corrected chi connectivity index (χ4v) is 4.07. The molecule has 6 nitrogen and oxygen atoms in total. The van der Waals surface area contributed by atoms with E-state index in [0.29, 0.717) is 17.1 Å². The first-order chi connectivity index (χ1) is 12.5. The number of carbonyl (C=O) groups is 3. The van der Waals surface area contributed by atoms with E-state index >= 15 is 0 Å². The van der Waals surface area contributed by atoms with Crippen LogP contribution in [-0.2, 0) is 20.9 Å². The van der Waals surface area contributed by atoms with Gasteiger partial charge in [-0.2, -0.15) is 0 Å². The summed E-state index contributed by atoms with van der Waals surface area (Å²) in [4.78, 5) is 38.3. The van der Waals surface area contributed by atoms with E-state index in [1.165, 1.54) is 11.3 Å². The maximum atomic E-state index is 12.5. The smallest absolute Gasteiger partial charge is 0.341 e. The fraction of sp³-hybridized carbons (Fsp3) is 0.389. The molecule has 1 aliphatic rings. The molecule has 0 saturated heterocycles. The Kier molecular flexibility index (Phi) is 5.73. The monoisotopic (exact) mass is 392 g/mol. The molecule has 26 heavy (non-hydrogen) atoms. The van der Waals surface area contributed by atoms with Gasteiger partial charge in [0.2, 0.25) is 5.91 Å². The predicted octanol–water partition coefficient (Wildman–Crippen LogP) is 3.25. The minimum Gasteiger partial charge on any atom is -0.452 e. The van der Waals surface area contributed by atoms with Crippen LogP contribution in [-0.4, -0.2) is 24.4 Å². The van der Waals surface area contributed by atoms with E-state index < -0.39 is 5.97 Å². The molecule has 2 aromatic heterocycles. The molecule has 0 spiro atoms. The second-order valence-corrected chi connectivity index (χ2v) is 8.44. The molecule has 0 unspecified atom stereocenters. The van der Waals surface area contributed by atoms with Gasteiger partial charge in [0, 0.05) is 15.7 Å². The van der Waals surface area contributed by atoms with Crippen LogP contribution in [0.1, 0.15) is 38.5 Å². The molecule has 2 amide bonds. The summed E-state index contributed by atoms with van der Waals surface area (Å²) in [7, 11) is 0. The Morgan fingerprint density at radius 3 is 2.69 bits per heavy atom. The average Bonchev–Trinajstić information content (AvgIpc) is 3.27. The van der Waals surface area contributed by atoms with Gasteiger partial charge in [-0.15, -0.1) is 22.7 Å². The molecule has 0 aromatic carbocycles. The maximum Gasteiger partial charge on any atom is 0.341 e. The van der Waals surface area contributed by atoms with Gasteiger partial charge >= 0.3 is 5.97 Å². The summed E-state index contributed by atoms with van der Waals surface area (Å²) < 4.78 is 5.16. The molecule has 0 bridgehead atoms. The van der Waals surface area contributed by atoms with Crippen molar-refractivity contribution in [1.29, 1.82) is 0 Å². The highest BCUT2D eigenvalue weighted by atomic mass is 32.1.